The van der Waals surface area contributed by atoms with Gasteiger partial charge in [-0.2, -0.15) is 0 Å². The third kappa shape index (κ3) is 5.49. The monoisotopic (exact) mass is 398 g/mol. The lowest BCUT2D eigenvalue weighted by Gasteiger charge is -2.33. The van der Waals surface area contributed by atoms with E-state index < -0.39 is 10.0 Å². The van der Waals surface area contributed by atoms with Crippen LogP contribution in [-0.2, 0) is 19.6 Å². The maximum atomic E-state index is 12.6. The quantitative estimate of drug-likeness (QED) is 0.429. The van der Waals surface area contributed by atoms with Gasteiger partial charge < -0.3 is 19.9 Å². The fourth-order valence-corrected chi connectivity index (χ4v) is 4.37. The molecule has 2 fully saturated rings. The summed E-state index contributed by atoms with van der Waals surface area (Å²) in [6, 6.07) is 5.75. The molecule has 0 unspecified atom stereocenters. The van der Waals surface area contributed by atoms with Crippen LogP contribution in [0.25, 0.3) is 0 Å². The molecular weight excluding hydrogens is 368 g/mol. The summed E-state index contributed by atoms with van der Waals surface area (Å²) in [7, 11) is -3.72. The average molecular weight is 399 g/mol. The van der Waals surface area contributed by atoms with E-state index in [-0.39, 0.29) is 16.8 Å². The Kier molecular flexibility index (Phi) is 6.48. The van der Waals surface area contributed by atoms with Gasteiger partial charge in [-0.05, 0) is 44.0 Å². The van der Waals surface area contributed by atoms with Gasteiger partial charge in [-0.25, -0.2) is 13.6 Å². The normalized spacial score (nSPS) is 27.3. The molecule has 1 amide bonds. The molecule has 2 aliphatic rings. The molecule has 8 nitrogen and oxygen atoms in total. The van der Waals surface area contributed by atoms with Crippen molar-refractivity contribution >= 4 is 21.6 Å². The fourth-order valence-electron chi connectivity index (χ4n) is 3.85. The molecule has 2 saturated heterocycles. The van der Waals surface area contributed by atoms with Crippen LogP contribution in [0, 0.1) is 0 Å². The maximum Gasteiger partial charge on any atom is 0.282 e. The standard InChI is InChI=1S/C18H28N4O4S/c1-14(18(23)20-15-4-6-17(7-5-15)27(19,24)25)22-10-8-21(9-11-22)13-16-3-2-12-26-16/h4-7,14,16H,2-3,8-13H2,1H3,(H,20,23)(H2,19,24,25)/p+2/t14-,16+/m0/s1. The Hall–Kier alpha value is -1.52. The van der Waals surface area contributed by atoms with Gasteiger partial charge in [-0.15, -0.1) is 0 Å². The molecule has 2 aliphatic heterocycles. The van der Waals surface area contributed by atoms with E-state index in [1.165, 1.54) is 29.9 Å². The molecule has 27 heavy (non-hydrogen) atoms. The van der Waals surface area contributed by atoms with Crippen LogP contribution in [0.2, 0.25) is 0 Å². The van der Waals surface area contributed by atoms with Crippen molar-refractivity contribution in [2.24, 2.45) is 5.14 Å². The van der Waals surface area contributed by atoms with Crippen molar-refractivity contribution in [3.8, 4) is 0 Å². The van der Waals surface area contributed by atoms with Gasteiger partial charge in [-0.1, -0.05) is 0 Å². The van der Waals surface area contributed by atoms with E-state index >= 15 is 0 Å². The Labute approximate surface area is 160 Å². The van der Waals surface area contributed by atoms with Crippen LogP contribution in [0.15, 0.2) is 29.2 Å². The first-order valence-electron chi connectivity index (χ1n) is 9.56. The third-order valence-electron chi connectivity index (χ3n) is 5.60. The maximum absolute atomic E-state index is 12.6. The van der Waals surface area contributed by atoms with Crippen molar-refractivity contribution in [3.05, 3.63) is 24.3 Å². The van der Waals surface area contributed by atoms with E-state index in [9.17, 15) is 13.2 Å². The molecule has 0 aliphatic carbocycles. The van der Waals surface area contributed by atoms with Crippen LogP contribution in [0.5, 0.6) is 0 Å². The van der Waals surface area contributed by atoms with Gasteiger partial charge in [0.05, 0.1) is 4.90 Å². The fraction of sp³-hybridized carbons (Fsp3) is 0.611. The number of primary sulfonamides is 1. The highest BCUT2D eigenvalue weighted by molar-refractivity contribution is 7.89. The van der Waals surface area contributed by atoms with E-state index in [0.717, 1.165) is 39.3 Å². The number of carbonyl (C=O) groups excluding carboxylic acids is 1. The molecule has 3 rings (SSSR count). The van der Waals surface area contributed by atoms with E-state index in [0.29, 0.717) is 11.8 Å². The van der Waals surface area contributed by atoms with Gasteiger partial charge in [0.25, 0.3) is 5.91 Å². The Balaban J connectivity index is 1.47. The molecular formula is C18H30N4O4S+2. The molecule has 0 radical (unpaired) electrons. The van der Waals surface area contributed by atoms with Gasteiger partial charge >= 0.3 is 0 Å². The number of benzene rings is 1. The summed E-state index contributed by atoms with van der Waals surface area (Å²) in [6.07, 6.45) is 2.75. The number of rotatable bonds is 6. The Morgan fingerprint density at radius 2 is 1.93 bits per heavy atom. The summed E-state index contributed by atoms with van der Waals surface area (Å²) in [5, 5.41) is 7.95. The molecule has 2 atom stereocenters. The van der Waals surface area contributed by atoms with Crippen molar-refractivity contribution in [1.29, 1.82) is 0 Å². The number of hydrogen-bond acceptors (Lipinski definition) is 4. The van der Waals surface area contributed by atoms with E-state index in [1.807, 2.05) is 6.92 Å². The first-order chi connectivity index (χ1) is 12.8. The molecule has 150 valence electrons. The number of amides is 1. The van der Waals surface area contributed by atoms with Gasteiger partial charge in [0, 0.05) is 12.3 Å². The van der Waals surface area contributed by atoms with Crippen molar-refractivity contribution < 1.29 is 27.7 Å². The molecule has 0 bridgehead atoms. The SMILES string of the molecule is C[C@@H](C(=O)Nc1ccc(S(N)(=O)=O)cc1)[NH+]1CC[NH+](C[C@H]2CCCO2)CC1. The van der Waals surface area contributed by atoms with Crippen LogP contribution >= 0.6 is 0 Å². The highest BCUT2D eigenvalue weighted by Gasteiger charge is 2.32. The van der Waals surface area contributed by atoms with Crippen molar-refractivity contribution in [2.45, 2.75) is 36.8 Å². The third-order valence-corrected chi connectivity index (χ3v) is 6.52. The number of carbonyl (C=O) groups is 1. The van der Waals surface area contributed by atoms with E-state index in [2.05, 4.69) is 5.32 Å². The van der Waals surface area contributed by atoms with Gasteiger partial charge in [-0.3, -0.25) is 4.79 Å². The lowest BCUT2D eigenvalue weighted by Crippen LogP contribution is -3.30. The second-order valence-corrected chi connectivity index (χ2v) is 9.09. The smallest absolute Gasteiger partial charge is 0.282 e. The molecule has 0 saturated carbocycles. The van der Waals surface area contributed by atoms with Crippen molar-refractivity contribution in [1.82, 2.24) is 0 Å². The molecule has 1 aromatic carbocycles. The molecule has 2 heterocycles. The van der Waals surface area contributed by atoms with Gasteiger partial charge in [0.1, 0.15) is 38.8 Å². The Morgan fingerprint density at radius 1 is 1.26 bits per heavy atom. The van der Waals surface area contributed by atoms with Crippen LogP contribution in [-0.4, -0.2) is 65.8 Å². The molecule has 1 aromatic rings. The zero-order chi connectivity index (χ0) is 19.4. The Bertz CT molecular complexity index is 739. The number of ether oxygens (including phenoxy) is 1. The lowest BCUT2D eigenvalue weighted by atomic mass is 10.2. The predicted octanol–water partition coefficient (Wildman–Crippen LogP) is -2.38. The molecule has 5 N–H and O–H groups in total. The van der Waals surface area contributed by atoms with Crippen LogP contribution in [0.4, 0.5) is 5.69 Å². The second-order valence-electron chi connectivity index (χ2n) is 7.53. The number of anilines is 1. The number of piperazine rings is 1. The van der Waals surface area contributed by atoms with E-state index in [1.54, 1.807) is 17.0 Å². The van der Waals surface area contributed by atoms with Crippen LogP contribution in [0.3, 0.4) is 0 Å². The zero-order valence-corrected chi connectivity index (χ0v) is 16.6. The minimum Gasteiger partial charge on any atom is -0.372 e. The molecule has 0 aromatic heterocycles. The summed E-state index contributed by atoms with van der Waals surface area (Å²) in [5.41, 5.74) is 0.571. The summed E-state index contributed by atoms with van der Waals surface area (Å²) in [4.78, 5) is 15.4. The topological polar surface area (TPSA) is 107 Å². The minimum atomic E-state index is -3.72. The lowest BCUT2D eigenvalue weighted by molar-refractivity contribution is -1.02. The predicted molar refractivity (Wildman–Crippen MR) is 101 cm³/mol. The number of nitrogens with one attached hydrogen (secondary N) is 3. The minimum absolute atomic E-state index is 0.0320. The first-order valence-corrected chi connectivity index (χ1v) is 11.1. The summed E-state index contributed by atoms with van der Waals surface area (Å²) in [5.74, 6) is -0.0593. The number of nitrogens with two attached hydrogens (primary N) is 1. The number of hydrogen-bond donors (Lipinski definition) is 4. The van der Waals surface area contributed by atoms with Gasteiger partial charge in [0.15, 0.2) is 6.04 Å². The number of sulfonamides is 1. The highest BCUT2D eigenvalue weighted by atomic mass is 32.2. The molecule has 9 heteroatoms. The average Bonchev–Trinajstić information content (AvgIpc) is 3.14. The summed E-state index contributed by atoms with van der Waals surface area (Å²) >= 11 is 0. The highest BCUT2D eigenvalue weighted by Crippen LogP contribution is 2.12. The Morgan fingerprint density at radius 3 is 2.48 bits per heavy atom. The van der Waals surface area contributed by atoms with Gasteiger partial charge in [0.2, 0.25) is 10.0 Å². The zero-order valence-electron chi connectivity index (χ0n) is 15.7. The van der Waals surface area contributed by atoms with Crippen molar-refractivity contribution in [2.75, 3.05) is 44.6 Å². The second kappa shape index (κ2) is 8.66. The van der Waals surface area contributed by atoms with E-state index in [4.69, 9.17) is 9.88 Å². The first kappa shape index (κ1) is 20.2. The summed E-state index contributed by atoms with van der Waals surface area (Å²) in [6.45, 7) is 7.93. The summed E-state index contributed by atoms with van der Waals surface area (Å²) < 4.78 is 28.3. The van der Waals surface area contributed by atoms with Crippen LogP contribution < -0.4 is 20.3 Å². The molecule has 0 spiro atoms. The van der Waals surface area contributed by atoms with Crippen LogP contribution in [0.1, 0.15) is 19.8 Å². The van der Waals surface area contributed by atoms with Crippen molar-refractivity contribution in [3.63, 3.8) is 0 Å². The number of quaternary nitrogens is 2. The largest absolute Gasteiger partial charge is 0.372 e.